The van der Waals surface area contributed by atoms with Gasteiger partial charge < -0.3 is 9.15 Å². The number of carbonyl (C=O) groups excluding carboxylic acids is 2. The highest BCUT2D eigenvalue weighted by Gasteiger charge is 2.13. The van der Waals surface area contributed by atoms with Gasteiger partial charge in [0.2, 0.25) is 5.89 Å². The topological polar surface area (TPSA) is 82.3 Å². The van der Waals surface area contributed by atoms with Crippen molar-refractivity contribution < 1.29 is 18.7 Å². The fourth-order valence-electron chi connectivity index (χ4n) is 2.21. The van der Waals surface area contributed by atoms with E-state index in [9.17, 15) is 9.59 Å². The largest absolute Gasteiger partial charge is 0.452 e. The summed E-state index contributed by atoms with van der Waals surface area (Å²) < 4.78 is 10.4. The Balaban J connectivity index is 1.63. The lowest BCUT2D eigenvalue weighted by atomic mass is 10.0. The molecule has 0 saturated heterocycles. The second kappa shape index (κ2) is 7.53. The number of aromatic nitrogens is 2. The second-order valence-electron chi connectivity index (χ2n) is 5.29. The number of aryl methyl sites for hydroxylation is 1. The number of nitrogens with zero attached hydrogens (tertiary/aromatic N) is 2. The summed E-state index contributed by atoms with van der Waals surface area (Å²) in [4.78, 5) is 24.4. The molecular weight excluding hydrogens is 320 g/mol. The van der Waals surface area contributed by atoms with Crippen LogP contribution in [0.5, 0.6) is 0 Å². The van der Waals surface area contributed by atoms with Crippen molar-refractivity contribution in [1.29, 1.82) is 0 Å². The van der Waals surface area contributed by atoms with Crippen LogP contribution in [0.3, 0.4) is 0 Å². The van der Waals surface area contributed by atoms with E-state index in [4.69, 9.17) is 9.15 Å². The van der Waals surface area contributed by atoms with Crippen LogP contribution in [0.1, 0.15) is 45.0 Å². The number of ether oxygens (including phenoxy) is 1. The fraction of sp³-hybridized carbons (Fsp3) is 0.158. The molecule has 0 N–H and O–H groups in total. The molecule has 1 aromatic heterocycles. The van der Waals surface area contributed by atoms with Crippen LogP contribution in [0.25, 0.3) is 0 Å². The van der Waals surface area contributed by atoms with Gasteiger partial charge in [-0.2, -0.15) is 0 Å². The molecule has 0 aliphatic heterocycles. The summed E-state index contributed by atoms with van der Waals surface area (Å²) in [5, 5.41) is 7.58. The van der Waals surface area contributed by atoms with Crippen LogP contribution in [-0.4, -0.2) is 21.9 Å². The first kappa shape index (κ1) is 16.6. The van der Waals surface area contributed by atoms with Crippen LogP contribution >= 0.6 is 0 Å². The molecule has 2 aromatic carbocycles. The predicted molar refractivity (Wildman–Crippen MR) is 89.1 cm³/mol. The van der Waals surface area contributed by atoms with Crippen molar-refractivity contribution in [3.05, 3.63) is 83.1 Å². The number of hydrogen-bond acceptors (Lipinski definition) is 6. The summed E-state index contributed by atoms with van der Waals surface area (Å²) in [5.74, 6) is 0.129. The number of hydrogen-bond donors (Lipinski definition) is 0. The number of benzene rings is 2. The highest BCUT2D eigenvalue weighted by molar-refractivity contribution is 6.09. The number of esters is 1. The van der Waals surface area contributed by atoms with Crippen molar-refractivity contribution in [2.75, 3.05) is 0 Å². The number of carbonyl (C=O) groups is 2. The van der Waals surface area contributed by atoms with Gasteiger partial charge >= 0.3 is 5.97 Å². The third-order valence-corrected chi connectivity index (χ3v) is 3.56. The standard InChI is InChI=1S/C19H16N2O4/c1-2-16-20-21-17(25-16)12-24-19(23)15-10-8-14(9-11-15)18(22)13-6-4-3-5-7-13/h3-11H,2,12H2,1H3. The molecule has 0 amide bonds. The molecule has 0 spiro atoms. The fourth-order valence-corrected chi connectivity index (χ4v) is 2.21. The third kappa shape index (κ3) is 3.98. The van der Waals surface area contributed by atoms with E-state index >= 15 is 0 Å². The van der Waals surface area contributed by atoms with Gasteiger partial charge in [0, 0.05) is 17.5 Å². The van der Waals surface area contributed by atoms with E-state index < -0.39 is 5.97 Å². The SMILES string of the molecule is CCc1nnc(COC(=O)c2ccc(C(=O)c3ccccc3)cc2)o1. The first-order chi connectivity index (χ1) is 12.2. The average molecular weight is 336 g/mol. The molecule has 25 heavy (non-hydrogen) atoms. The Bertz CT molecular complexity index is 870. The molecule has 3 rings (SSSR count). The van der Waals surface area contributed by atoms with Crippen LogP contribution in [0.2, 0.25) is 0 Å². The van der Waals surface area contributed by atoms with Gasteiger partial charge in [0.1, 0.15) is 0 Å². The molecule has 6 heteroatoms. The molecule has 0 fully saturated rings. The highest BCUT2D eigenvalue weighted by Crippen LogP contribution is 2.12. The average Bonchev–Trinajstić information content (AvgIpc) is 3.14. The summed E-state index contributed by atoms with van der Waals surface area (Å²) in [7, 11) is 0. The quantitative estimate of drug-likeness (QED) is 0.508. The van der Waals surface area contributed by atoms with Crippen LogP contribution in [0.4, 0.5) is 0 Å². The first-order valence-electron chi connectivity index (χ1n) is 7.85. The molecule has 0 bridgehead atoms. The van der Waals surface area contributed by atoms with Gasteiger partial charge in [0.25, 0.3) is 5.89 Å². The summed E-state index contributed by atoms with van der Waals surface area (Å²) >= 11 is 0. The van der Waals surface area contributed by atoms with Crippen LogP contribution in [-0.2, 0) is 17.8 Å². The van der Waals surface area contributed by atoms with Crippen molar-refractivity contribution >= 4 is 11.8 Å². The van der Waals surface area contributed by atoms with E-state index in [1.54, 1.807) is 48.5 Å². The van der Waals surface area contributed by atoms with E-state index in [1.807, 2.05) is 13.0 Å². The maximum absolute atomic E-state index is 12.3. The zero-order valence-corrected chi connectivity index (χ0v) is 13.6. The third-order valence-electron chi connectivity index (χ3n) is 3.56. The van der Waals surface area contributed by atoms with Gasteiger partial charge in [-0.15, -0.1) is 10.2 Å². The Hall–Kier alpha value is -3.28. The van der Waals surface area contributed by atoms with Crippen molar-refractivity contribution in [1.82, 2.24) is 10.2 Å². The zero-order chi connectivity index (χ0) is 17.6. The minimum atomic E-state index is -0.519. The Morgan fingerprint density at radius 2 is 1.48 bits per heavy atom. The van der Waals surface area contributed by atoms with E-state index in [1.165, 1.54) is 0 Å². The molecule has 0 saturated carbocycles. The van der Waals surface area contributed by atoms with E-state index in [0.717, 1.165) is 0 Å². The van der Waals surface area contributed by atoms with Crippen molar-refractivity contribution in [3.8, 4) is 0 Å². The van der Waals surface area contributed by atoms with E-state index in [-0.39, 0.29) is 18.3 Å². The normalized spacial score (nSPS) is 10.4. The Labute approximate surface area is 144 Å². The lowest BCUT2D eigenvalue weighted by molar-refractivity contribution is 0.0436. The smallest absolute Gasteiger partial charge is 0.338 e. The van der Waals surface area contributed by atoms with Crippen LogP contribution < -0.4 is 0 Å². The molecule has 126 valence electrons. The van der Waals surface area contributed by atoms with Crippen LogP contribution in [0, 0.1) is 0 Å². The van der Waals surface area contributed by atoms with E-state index in [0.29, 0.717) is 29.0 Å². The molecule has 0 unspecified atom stereocenters. The van der Waals surface area contributed by atoms with Crippen molar-refractivity contribution in [2.45, 2.75) is 20.0 Å². The first-order valence-corrected chi connectivity index (χ1v) is 7.85. The maximum atomic E-state index is 12.3. The van der Waals surface area contributed by atoms with E-state index in [2.05, 4.69) is 10.2 Å². The minimum absolute atomic E-state index is 0.0868. The summed E-state index contributed by atoms with van der Waals surface area (Å²) in [6, 6.07) is 15.3. The summed E-state index contributed by atoms with van der Waals surface area (Å²) in [6.45, 7) is 1.80. The lowest BCUT2D eigenvalue weighted by Gasteiger charge is -2.04. The molecular formula is C19H16N2O4. The van der Waals surface area contributed by atoms with Gasteiger partial charge in [-0.1, -0.05) is 49.4 Å². The Morgan fingerprint density at radius 1 is 0.880 bits per heavy atom. The second-order valence-corrected chi connectivity index (χ2v) is 5.29. The number of ketones is 1. The molecule has 0 aliphatic carbocycles. The van der Waals surface area contributed by atoms with Crippen molar-refractivity contribution in [2.24, 2.45) is 0 Å². The van der Waals surface area contributed by atoms with Crippen molar-refractivity contribution in [3.63, 3.8) is 0 Å². The molecule has 3 aromatic rings. The van der Waals surface area contributed by atoms with Gasteiger partial charge in [-0.05, 0) is 12.1 Å². The number of rotatable bonds is 6. The van der Waals surface area contributed by atoms with Crippen LogP contribution in [0.15, 0.2) is 59.0 Å². The van der Waals surface area contributed by atoms with Gasteiger partial charge in [-0.25, -0.2) is 4.79 Å². The maximum Gasteiger partial charge on any atom is 0.338 e. The molecule has 0 atom stereocenters. The summed E-state index contributed by atoms with van der Waals surface area (Å²) in [6.07, 6.45) is 0.623. The lowest BCUT2D eigenvalue weighted by Crippen LogP contribution is -2.07. The molecule has 6 nitrogen and oxygen atoms in total. The monoisotopic (exact) mass is 336 g/mol. The van der Waals surface area contributed by atoms with Gasteiger partial charge in [-0.3, -0.25) is 4.79 Å². The Kier molecular flexibility index (Phi) is 4.99. The zero-order valence-electron chi connectivity index (χ0n) is 13.6. The molecule has 0 aliphatic rings. The Morgan fingerprint density at radius 3 is 2.12 bits per heavy atom. The molecule has 1 heterocycles. The molecule has 0 radical (unpaired) electrons. The highest BCUT2D eigenvalue weighted by atomic mass is 16.5. The van der Waals surface area contributed by atoms with Gasteiger partial charge in [0.15, 0.2) is 12.4 Å². The summed E-state index contributed by atoms with van der Waals surface area (Å²) in [5.41, 5.74) is 1.45. The van der Waals surface area contributed by atoms with Gasteiger partial charge in [0.05, 0.1) is 5.56 Å². The predicted octanol–water partition coefficient (Wildman–Crippen LogP) is 3.22. The minimum Gasteiger partial charge on any atom is -0.452 e.